The number of nitrogens with one attached hydrogen (secondary N) is 2. The predicted octanol–water partition coefficient (Wildman–Crippen LogP) is 4.94. The van der Waals surface area contributed by atoms with Crippen LogP contribution in [0.15, 0.2) is 48.5 Å². The van der Waals surface area contributed by atoms with Crippen molar-refractivity contribution in [2.75, 3.05) is 13.1 Å². The molecule has 1 unspecified atom stereocenters. The first kappa shape index (κ1) is 25.1. The molecule has 0 spiro atoms. The average Bonchev–Trinajstić information content (AvgIpc) is 2.82. The van der Waals surface area contributed by atoms with Gasteiger partial charge in [0.25, 0.3) is 0 Å². The Hall–Kier alpha value is -2.57. The van der Waals surface area contributed by atoms with Gasteiger partial charge in [-0.05, 0) is 42.5 Å². The predicted molar refractivity (Wildman–Crippen MR) is 131 cm³/mol. The minimum atomic E-state index is -0.636. The zero-order chi connectivity index (χ0) is 24.0. The highest BCUT2D eigenvalue weighted by molar-refractivity contribution is 6.42. The van der Waals surface area contributed by atoms with Gasteiger partial charge in [0.1, 0.15) is 6.04 Å². The molecule has 0 aliphatic carbocycles. The second kappa shape index (κ2) is 11.5. The molecule has 3 rings (SSSR count). The van der Waals surface area contributed by atoms with Crippen LogP contribution in [0.2, 0.25) is 10.0 Å². The summed E-state index contributed by atoms with van der Waals surface area (Å²) in [6.45, 7) is 5.12. The van der Waals surface area contributed by atoms with E-state index in [4.69, 9.17) is 23.2 Å². The van der Waals surface area contributed by atoms with Crippen LogP contribution in [0.1, 0.15) is 42.6 Å². The molecule has 2 aromatic carbocycles. The van der Waals surface area contributed by atoms with Crippen LogP contribution >= 0.6 is 23.2 Å². The number of halogens is 2. The van der Waals surface area contributed by atoms with Crippen molar-refractivity contribution >= 4 is 40.9 Å². The van der Waals surface area contributed by atoms with E-state index in [1.165, 1.54) is 0 Å². The summed E-state index contributed by atoms with van der Waals surface area (Å²) in [6.07, 6.45) is 1.13. The normalized spacial score (nSPS) is 15.2. The highest BCUT2D eigenvalue weighted by atomic mass is 35.5. The smallest absolute Gasteiger partial charge is 0.315 e. The molecule has 6 nitrogen and oxygen atoms in total. The Balaban J connectivity index is 1.54. The lowest BCUT2D eigenvalue weighted by molar-refractivity contribution is -0.135. The first-order valence-electron chi connectivity index (χ1n) is 11.1. The average molecular weight is 490 g/mol. The minimum Gasteiger partial charge on any atom is -0.341 e. The van der Waals surface area contributed by atoms with Gasteiger partial charge in [-0.1, -0.05) is 67.4 Å². The number of rotatable bonds is 7. The summed E-state index contributed by atoms with van der Waals surface area (Å²) in [5.74, 6) is -0.360. The van der Waals surface area contributed by atoms with E-state index in [0.717, 1.165) is 5.56 Å². The summed E-state index contributed by atoms with van der Waals surface area (Å²) in [5.41, 5.74) is 1.51. The zero-order valence-electron chi connectivity index (χ0n) is 18.8. The van der Waals surface area contributed by atoms with Crippen molar-refractivity contribution in [2.45, 2.75) is 39.3 Å². The number of ketones is 1. The fraction of sp³-hybridized carbons (Fsp3) is 0.400. The number of likely N-dealkylation sites (tertiary alicyclic amines) is 1. The van der Waals surface area contributed by atoms with E-state index in [2.05, 4.69) is 10.6 Å². The highest BCUT2D eigenvalue weighted by Crippen LogP contribution is 2.27. The lowest BCUT2D eigenvalue weighted by Crippen LogP contribution is -2.55. The third-order valence-electron chi connectivity index (χ3n) is 5.90. The molecule has 8 heteroatoms. The topological polar surface area (TPSA) is 78.5 Å². The molecule has 3 amide bonds. The van der Waals surface area contributed by atoms with Gasteiger partial charge in [-0.15, -0.1) is 0 Å². The third kappa shape index (κ3) is 6.71. The second-order valence-corrected chi connectivity index (χ2v) is 9.44. The van der Waals surface area contributed by atoms with Crippen LogP contribution in [0.25, 0.3) is 0 Å². The SMILES string of the molecule is CC(C)C(NC(=O)NCc1ccccc1)C(=O)N1CCC(C(=O)c2ccc(Cl)c(Cl)c2)CC1. The lowest BCUT2D eigenvalue weighted by Gasteiger charge is -2.35. The van der Waals surface area contributed by atoms with E-state index in [1.807, 2.05) is 44.2 Å². The molecule has 0 bridgehead atoms. The maximum atomic E-state index is 13.1. The number of piperidine rings is 1. The molecular formula is C25H29Cl2N3O3. The molecule has 2 N–H and O–H groups in total. The van der Waals surface area contributed by atoms with E-state index < -0.39 is 6.04 Å². The van der Waals surface area contributed by atoms with Gasteiger partial charge in [0.05, 0.1) is 10.0 Å². The van der Waals surface area contributed by atoms with Crippen molar-refractivity contribution in [1.82, 2.24) is 15.5 Å². The molecular weight excluding hydrogens is 461 g/mol. The van der Waals surface area contributed by atoms with Crippen molar-refractivity contribution in [3.8, 4) is 0 Å². The first-order chi connectivity index (χ1) is 15.8. The zero-order valence-corrected chi connectivity index (χ0v) is 20.3. The van der Waals surface area contributed by atoms with E-state index in [-0.39, 0.29) is 29.6 Å². The fourth-order valence-electron chi connectivity index (χ4n) is 3.93. The van der Waals surface area contributed by atoms with Crippen molar-refractivity contribution in [3.63, 3.8) is 0 Å². The van der Waals surface area contributed by atoms with Gasteiger partial charge in [0.15, 0.2) is 5.78 Å². The Morgan fingerprint density at radius 1 is 1.00 bits per heavy atom. The maximum Gasteiger partial charge on any atom is 0.315 e. The van der Waals surface area contributed by atoms with Crippen LogP contribution in [-0.4, -0.2) is 41.8 Å². The molecule has 1 aliphatic rings. The van der Waals surface area contributed by atoms with Crippen molar-refractivity contribution < 1.29 is 14.4 Å². The van der Waals surface area contributed by atoms with Gasteiger partial charge in [0, 0.05) is 31.1 Å². The number of urea groups is 1. The molecule has 0 aromatic heterocycles. The number of carbonyl (C=O) groups is 3. The van der Waals surface area contributed by atoms with Crippen LogP contribution in [-0.2, 0) is 11.3 Å². The summed E-state index contributed by atoms with van der Waals surface area (Å²) in [4.78, 5) is 40.1. The van der Waals surface area contributed by atoms with Gasteiger partial charge in [0.2, 0.25) is 5.91 Å². The molecule has 0 saturated carbocycles. The van der Waals surface area contributed by atoms with Gasteiger partial charge < -0.3 is 15.5 Å². The summed E-state index contributed by atoms with van der Waals surface area (Å²) in [7, 11) is 0. The number of amides is 3. The molecule has 2 aromatic rings. The maximum absolute atomic E-state index is 13.1. The molecule has 1 aliphatic heterocycles. The van der Waals surface area contributed by atoms with Crippen molar-refractivity contribution in [2.24, 2.45) is 11.8 Å². The Morgan fingerprint density at radius 2 is 1.67 bits per heavy atom. The Kier molecular flexibility index (Phi) is 8.75. The standard InChI is InChI=1S/C25H29Cl2N3O3/c1-16(2)22(29-25(33)28-15-17-6-4-3-5-7-17)24(32)30-12-10-18(11-13-30)23(31)19-8-9-20(26)21(27)14-19/h3-9,14,16,18,22H,10-13,15H2,1-2H3,(H2,28,29,33). The molecule has 1 saturated heterocycles. The second-order valence-electron chi connectivity index (χ2n) is 8.63. The largest absolute Gasteiger partial charge is 0.341 e. The third-order valence-corrected chi connectivity index (χ3v) is 6.64. The van der Waals surface area contributed by atoms with Gasteiger partial charge in [-0.2, -0.15) is 0 Å². The lowest BCUT2D eigenvalue weighted by atomic mass is 9.88. The van der Waals surface area contributed by atoms with Crippen molar-refractivity contribution in [3.05, 3.63) is 69.7 Å². The minimum absolute atomic E-state index is 0.0134. The molecule has 176 valence electrons. The van der Waals surface area contributed by atoms with Gasteiger partial charge >= 0.3 is 6.03 Å². The highest BCUT2D eigenvalue weighted by Gasteiger charge is 2.33. The molecule has 1 heterocycles. The quantitative estimate of drug-likeness (QED) is 0.540. The Morgan fingerprint density at radius 3 is 2.27 bits per heavy atom. The molecule has 33 heavy (non-hydrogen) atoms. The summed E-state index contributed by atoms with van der Waals surface area (Å²) < 4.78 is 0. The van der Waals surface area contributed by atoms with Crippen LogP contribution < -0.4 is 10.6 Å². The van der Waals surface area contributed by atoms with E-state index in [0.29, 0.717) is 48.1 Å². The Labute approximate surface area is 204 Å². The number of nitrogens with zero attached hydrogens (tertiary/aromatic N) is 1. The van der Waals surface area contributed by atoms with Crippen LogP contribution in [0.4, 0.5) is 4.79 Å². The molecule has 0 radical (unpaired) electrons. The monoisotopic (exact) mass is 489 g/mol. The van der Waals surface area contributed by atoms with E-state index in [9.17, 15) is 14.4 Å². The van der Waals surface area contributed by atoms with E-state index in [1.54, 1.807) is 23.1 Å². The summed E-state index contributed by atoms with van der Waals surface area (Å²) >= 11 is 12.0. The summed E-state index contributed by atoms with van der Waals surface area (Å²) in [5, 5.41) is 6.39. The van der Waals surface area contributed by atoms with Crippen molar-refractivity contribution in [1.29, 1.82) is 0 Å². The van der Waals surface area contributed by atoms with Crippen LogP contribution in [0.5, 0.6) is 0 Å². The summed E-state index contributed by atoms with van der Waals surface area (Å²) in [6, 6.07) is 13.5. The van der Waals surface area contributed by atoms with Crippen LogP contribution in [0, 0.1) is 11.8 Å². The Bertz CT molecular complexity index is 990. The van der Waals surface area contributed by atoms with E-state index >= 15 is 0 Å². The number of hydrogen-bond donors (Lipinski definition) is 2. The number of hydrogen-bond acceptors (Lipinski definition) is 3. The number of benzene rings is 2. The fourth-order valence-corrected chi connectivity index (χ4v) is 4.23. The molecule has 1 atom stereocenters. The first-order valence-corrected chi connectivity index (χ1v) is 11.9. The van der Waals surface area contributed by atoms with Gasteiger partial charge in [-0.3, -0.25) is 9.59 Å². The number of Topliss-reactive ketones (excluding diaryl/α,β-unsaturated/α-hetero) is 1. The molecule has 1 fully saturated rings. The van der Waals surface area contributed by atoms with Gasteiger partial charge in [-0.25, -0.2) is 4.79 Å². The van der Waals surface area contributed by atoms with Crippen LogP contribution in [0.3, 0.4) is 0 Å². The number of carbonyl (C=O) groups excluding carboxylic acids is 3.